The molecule has 0 saturated heterocycles. The molecule has 6 nitrogen and oxygen atoms in total. The summed E-state index contributed by atoms with van der Waals surface area (Å²) in [5.74, 6) is 1.72. The number of nitrogens with zero attached hydrogens (tertiary/aromatic N) is 2. The number of nitrogens with one attached hydrogen (secondary N) is 3. The van der Waals surface area contributed by atoms with E-state index in [2.05, 4.69) is 50.4 Å². The molecule has 1 amide bonds. The lowest BCUT2D eigenvalue weighted by Crippen LogP contribution is -2.40. The predicted molar refractivity (Wildman–Crippen MR) is 124 cm³/mol. The van der Waals surface area contributed by atoms with Gasteiger partial charge in [-0.1, -0.05) is 19.1 Å². The quantitative estimate of drug-likeness (QED) is 0.294. The minimum absolute atomic E-state index is 0. The molecule has 0 bridgehead atoms. The van der Waals surface area contributed by atoms with Crippen molar-refractivity contribution >= 4 is 53.0 Å². The molecule has 148 valence electrons. The molecular formula is C19H28IN5OS. The minimum atomic E-state index is -0.0737. The molecule has 27 heavy (non-hydrogen) atoms. The summed E-state index contributed by atoms with van der Waals surface area (Å²) in [6.45, 7) is 5.51. The Labute approximate surface area is 182 Å². The molecule has 0 aliphatic carbocycles. The maximum Gasteiger partial charge on any atom is 0.227 e. The van der Waals surface area contributed by atoms with Crippen LogP contribution in [0.15, 0.2) is 40.8 Å². The van der Waals surface area contributed by atoms with Crippen molar-refractivity contribution in [3.05, 3.63) is 46.3 Å². The lowest BCUT2D eigenvalue weighted by Gasteiger charge is -2.15. The summed E-state index contributed by atoms with van der Waals surface area (Å²) in [5.41, 5.74) is 1.06. The number of pyridine rings is 1. The molecule has 2 rings (SSSR count). The van der Waals surface area contributed by atoms with Gasteiger partial charge in [-0.3, -0.25) is 9.79 Å². The monoisotopic (exact) mass is 501 g/mol. The molecule has 0 aliphatic rings. The minimum Gasteiger partial charge on any atom is -0.356 e. The average Bonchev–Trinajstić information content (AvgIpc) is 3.13. The number of hydrogen-bond donors (Lipinski definition) is 3. The summed E-state index contributed by atoms with van der Waals surface area (Å²) < 4.78 is 0. The van der Waals surface area contributed by atoms with Crippen molar-refractivity contribution in [1.29, 1.82) is 0 Å². The molecule has 0 saturated carbocycles. The molecule has 2 heterocycles. The molecule has 0 spiro atoms. The third-order valence-electron chi connectivity index (χ3n) is 3.79. The second-order valence-electron chi connectivity index (χ2n) is 6.29. The van der Waals surface area contributed by atoms with Crippen LogP contribution in [0.2, 0.25) is 0 Å². The van der Waals surface area contributed by atoms with Gasteiger partial charge in [-0.2, -0.15) is 0 Å². The van der Waals surface area contributed by atoms with Gasteiger partial charge in [0.25, 0.3) is 0 Å². The van der Waals surface area contributed by atoms with Crippen LogP contribution in [0.1, 0.15) is 23.8 Å². The van der Waals surface area contributed by atoms with Crippen LogP contribution in [0.25, 0.3) is 0 Å². The van der Waals surface area contributed by atoms with Crippen LogP contribution in [0, 0.1) is 12.8 Å². The first-order valence-corrected chi connectivity index (χ1v) is 9.64. The van der Waals surface area contributed by atoms with Crippen LogP contribution in [0.5, 0.6) is 0 Å². The highest BCUT2D eigenvalue weighted by molar-refractivity contribution is 14.0. The Hall–Kier alpha value is -1.68. The van der Waals surface area contributed by atoms with Gasteiger partial charge >= 0.3 is 0 Å². The lowest BCUT2D eigenvalue weighted by atomic mass is 10.1. The molecule has 1 unspecified atom stereocenters. The lowest BCUT2D eigenvalue weighted by molar-refractivity contribution is -0.116. The average molecular weight is 501 g/mol. The number of aryl methyl sites for hydroxylation is 1. The highest BCUT2D eigenvalue weighted by atomic mass is 127. The Morgan fingerprint density at radius 2 is 2.11 bits per heavy atom. The molecule has 8 heteroatoms. The number of anilines is 1. The summed E-state index contributed by atoms with van der Waals surface area (Å²) >= 11 is 1.79. The van der Waals surface area contributed by atoms with Gasteiger partial charge in [0.15, 0.2) is 5.96 Å². The normalized spacial score (nSPS) is 12.0. The van der Waals surface area contributed by atoms with E-state index < -0.39 is 0 Å². The van der Waals surface area contributed by atoms with Crippen molar-refractivity contribution in [3.63, 3.8) is 0 Å². The van der Waals surface area contributed by atoms with Crippen LogP contribution >= 0.6 is 35.3 Å². The number of hydrogen-bond acceptors (Lipinski definition) is 4. The molecule has 0 aliphatic heterocycles. The number of aromatic nitrogens is 1. The first-order valence-electron chi connectivity index (χ1n) is 8.76. The number of thiophene rings is 1. The van der Waals surface area contributed by atoms with E-state index in [1.54, 1.807) is 30.6 Å². The van der Waals surface area contributed by atoms with Gasteiger partial charge in [0.1, 0.15) is 5.82 Å². The molecule has 0 radical (unpaired) electrons. The van der Waals surface area contributed by atoms with E-state index in [1.807, 2.05) is 13.0 Å². The van der Waals surface area contributed by atoms with E-state index in [-0.39, 0.29) is 29.9 Å². The standard InChI is InChI=1S/C19H27N5OS.HI/c1-14-6-7-17(22-12-14)24-18(25)8-9-21-19(20-3)23-13-15(2)11-16-5-4-10-26-16;/h4-7,10,12,15H,8-9,11,13H2,1-3H3,(H2,20,21,23)(H,22,24,25);1H. The first-order chi connectivity index (χ1) is 12.6. The highest BCUT2D eigenvalue weighted by Crippen LogP contribution is 2.13. The van der Waals surface area contributed by atoms with Gasteiger partial charge in [-0.25, -0.2) is 4.98 Å². The van der Waals surface area contributed by atoms with Gasteiger partial charge in [-0.15, -0.1) is 35.3 Å². The van der Waals surface area contributed by atoms with Crippen LogP contribution in [0.3, 0.4) is 0 Å². The predicted octanol–water partition coefficient (Wildman–Crippen LogP) is 3.44. The van der Waals surface area contributed by atoms with E-state index in [4.69, 9.17) is 0 Å². The van der Waals surface area contributed by atoms with Gasteiger partial charge in [0, 0.05) is 37.6 Å². The smallest absolute Gasteiger partial charge is 0.227 e. The third-order valence-corrected chi connectivity index (χ3v) is 4.69. The highest BCUT2D eigenvalue weighted by Gasteiger charge is 2.07. The summed E-state index contributed by atoms with van der Waals surface area (Å²) in [4.78, 5) is 21.7. The zero-order valence-electron chi connectivity index (χ0n) is 16.0. The number of carbonyl (C=O) groups is 1. The number of guanidine groups is 1. The molecular weight excluding hydrogens is 473 g/mol. The summed E-state index contributed by atoms with van der Waals surface area (Å²) in [5, 5.41) is 11.4. The second kappa shape index (κ2) is 12.7. The van der Waals surface area contributed by atoms with Gasteiger partial charge in [0.2, 0.25) is 5.91 Å². The second-order valence-corrected chi connectivity index (χ2v) is 7.32. The summed E-state index contributed by atoms with van der Waals surface area (Å²) in [6.07, 6.45) is 3.13. The fourth-order valence-corrected chi connectivity index (χ4v) is 3.25. The van der Waals surface area contributed by atoms with Crippen LogP contribution in [-0.4, -0.2) is 37.0 Å². The number of halogens is 1. The number of aliphatic imine (C=N–C) groups is 1. The van der Waals surface area contributed by atoms with Crippen molar-refractivity contribution < 1.29 is 4.79 Å². The Kier molecular flexibility index (Phi) is 11.0. The Morgan fingerprint density at radius 1 is 1.30 bits per heavy atom. The van der Waals surface area contributed by atoms with E-state index >= 15 is 0 Å². The third kappa shape index (κ3) is 9.18. The zero-order chi connectivity index (χ0) is 18.8. The maximum absolute atomic E-state index is 12.0. The van der Waals surface area contributed by atoms with Crippen molar-refractivity contribution in [3.8, 4) is 0 Å². The van der Waals surface area contributed by atoms with Gasteiger partial charge in [0.05, 0.1) is 0 Å². The number of rotatable bonds is 8. The van der Waals surface area contributed by atoms with Crippen LogP contribution in [-0.2, 0) is 11.2 Å². The fraction of sp³-hybridized carbons (Fsp3) is 0.421. The van der Waals surface area contributed by atoms with Crippen molar-refractivity contribution in [1.82, 2.24) is 15.6 Å². The van der Waals surface area contributed by atoms with Crippen LogP contribution in [0.4, 0.5) is 5.82 Å². The molecule has 1 atom stereocenters. The molecule has 2 aromatic heterocycles. The Bertz CT molecular complexity index is 703. The molecule has 0 fully saturated rings. The van der Waals surface area contributed by atoms with Gasteiger partial charge < -0.3 is 16.0 Å². The maximum atomic E-state index is 12.0. The van der Waals surface area contributed by atoms with E-state index in [9.17, 15) is 4.79 Å². The topological polar surface area (TPSA) is 78.4 Å². The number of carbonyl (C=O) groups excluding carboxylic acids is 1. The molecule has 3 N–H and O–H groups in total. The van der Waals surface area contributed by atoms with Crippen molar-refractivity contribution in [2.75, 3.05) is 25.5 Å². The molecule has 2 aromatic rings. The largest absolute Gasteiger partial charge is 0.356 e. The molecule has 0 aromatic carbocycles. The summed E-state index contributed by atoms with van der Waals surface area (Å²) in [6, 6.07) is 7.97. The number of amides is 1. The van der Waals surface area contributed by atoms with E-state index in [0.717, 1.165) is 18.5 Å². The van der Waals surface area contributed by atoms with E-state index in [1.165, 1.54) is 4.88 Å². The zero-order valence-corrected chi connectivity index (χ0v) is 19.1. The SMILES string of the molecule is CN=C(NCCC(=O)Nc1ccc(C)cn1)NCC(C)Cc1cccs1.I. The van der Waals surface area contributed by atoms with Crippen molar-refractivity contribution in [2.45, 2.75) is 26.7 Å². The Morgan fingerprint density at radius 3 is 2.74 bits per heavy atom. The van der Waals surface area contributed by atoms with Crippen molar-refractivity contribution in [2.24, 2.45) is 10.9 Å². The first kappa shape index (κ1) is 23.4. The van der Waals surface area contributed by atoms with Gasteiger partial charge in [-0.05, 0) is 42.3 Å². The summed E-state index contributed by atoms with van der Waals surface area (Å²) in [7, 11) is 1.73. The van der Waals surface area contributed by atoms with Crippen LogP contribution < -0.4 is 16.0 Å². The fourth-order valence-electron chi connectivity index (χ4n) is 2.38. The Balaban J connectivity index is 0.00000364. The van der Waals surface area contributed by atoms with E-state index in [0.29, 0.717) is 30.7 Å².